The Morgan fingerprint density at radius 3 is 2.50 bits per heavy atom. The Hall–Kier alpha value is -1.31. The third kappa shape index (κ3) is 1.79. The number of ketones is 1. The fraction of sp³-hybridized carbons (Fsp3) is 0.417. The maximum absolute atomic E-state index is 11.6. The summed E-state index contributed by atoms with van der Waals surface area (Å²) in [5.41, 5.74) is 2.89. The molecule has 0 aromatic heterocycles. The van der Waals surface area contributed by atoms with Crippen molar-refractivity contribution < 1.29 is 9.53 Å². The second-order valence-corrected chi connectivity index (χ2v) is 3.36. The first-order valence-electron chi connectivity index (χ1n) is 4.79. The van der Waals surface area contributed by atoms with Crippen LogP contribution in [0.2, 0.25) is 0 Å². The van der Waals surface area contributed by atoms with Crippen LogP contribution in [0.15, 0.2) is 12.1 Å². The maximum atomic E-state index is 11.6. The van der Waals surface area contributed by atoms with Crippen molar-refractivity contribution in [2.45, 2.75) is 27.2 Å². The van der Waals surface area contributed by atoms with E-state index in [4.69, 9.17) is 4.74 Å². The number of hydrogen-bond acceptors (Lipinski definition) is 2. The SMILES string of the molecule is CCC(=O)c1ccc(C)c(C)c1OC. The lowest BCUT2D eigenvalue weighted by molar-refractivity contribution is 0.0985. The molecule has 0 atom stereocenters. The molecule has 0 spiro atoms. The molecule has 0 amide bonds. The van der Waals surface area contributed by atoms with Gasteiger partial charge in [-0.2, -0.15) is 0 Å². The lowest BCUT2D eigenvalue weighted by atomic mass is 10.0. The van der Waals surface area contributed by atoms with Crippen molar-refractivity contribution in [2.75, 3.05) is 7.11 Å². The van der Waals surface area contributed by atoms with Gasteiger partial charge < -0.3 is 4.74 Å². The highest BCUT2D eigenvalue weighted by atomic mass is 16.5. The Kier molecular flexibility index (Phi) is 3.28. The zero-order valence-electron chi connectivity index (χ0n) is 9.18. The van der Waals surface area contributed by atoms with E-state index in [0.717, 1.165) is 16.9 Å². The second-order valence-electron chi connectivity index (χ2n) is 3.36. The first-order valence-corrected chi connectivity index (χ1v) is 4.79. The van der Waals surface area contributed by atoms with E-state index in [-0.39, 0.29) is 5.78 Å². The number of methoxy groups -OCH3 is 1. The average molecular weight is 192 g/mol. The van der Waals surface area contributed by atoms with E-state index in [1.165, 1.54) is 0 Å². The zero-order valence-corrected chi connectivity index (χ0v) is 9.18. The third-order valence-electron chi connectivity index (χ3n) is 2.50. The molecule has 2 nitrogen and oxygen atoms in total. The van der Waals surface area contributed by atoms with E-state index in [9.17, 15) is 4.79 Å². The minimum atomic E-state index is 0.130. The normalized spacial score (nSPS) is 10.0. The molecule has 1 rings (SSSR count). The lowest BCUT2D eigenvalue weighted by Crippen LogP contribution is -2.03. The molecule has 0 radical (unpaired) electrons. The molecule has 0 N–H and O–H groups in total. The van der Waals surface area contributed by atoms with Gasteiger partial charge in [-0.15, -0.1) is 0 Å². The van der Waals surface area contributed by atoms with Gasteiger partial charge in [-0.05, 0) is 31.0 Å². The fourth-order valence-electron chi connectivity index (χ4n) is 1.46. The van der Waals surface area contributed by atoms with Gasteiger partial charge in [0.15, 0.2) is 5.78 Å². The molecule has 0 unspecified atom stereocenters. The summed E-state index contributed by atoms with van der Waals surface area (Å²) in [6, 6.07) is 3.80. The summed E-state index contributed by atoms with van der Waals surface area (Å²) in [6.45, 7) is 5.84. The van der Waals surface area contributed by atoms with Crippen LogP contribution in [0.4, 0.5) is 0 Å². The van der Waals surface area contributed by atoms with Crippen molar-refractivity contribution in [3.63, 3.8) is 0 Å². The van der Waals surface area contributed by atoms with Crippen LogP contribution in [0, 0.1) is 13.8 Å². The van der Waals surface area contributed by atoms with Crippen LogP contribution in [0.5, 0.6) is 5.75 Å². The molecule has 0 bridgehead atoms. The van der Waals surface area contributed by atoms with E-state index in [1.807, 2.05) is 32.9 Å². The molecular weight excluding hydrogens is 176 g/mol. The summed E-state index contributed by atoms with van der Waals surface area (Å²) in [7, 11) is 1.61. The molecule has 1 aromatic rings. The Morgan fingerprint density at radius 2 is 2.00 bits per heavy atom. The van der Waals surface area contributed by atoms with Gasteiger partial charge in [0.2, 0.25) is 0 Å². The fourth-order valence-corrected chi connectivity index (χ4v) is 1.46. The second kappa shape index (κ2) is 4.27. The van der Waals surface area contributed by atoms with Gasteiger partial charge in [0, 0.05) is 6.42 Å². The van der Waals surface area contributed by atoms with Gasteiger partial charge >= 0.3 is 0 Å². The number of carbonyl (C=O) groups is 1. The van der Waals surface area contributed by atoms with E-state index in [0.29, 0.717) is 12.0 Å². The van der Waals surface area contributed by atoms with Crippen molar-refractivity contribution in [2.24, 2.45) is 0 Å². The molecule has 0 saturated heterocycles. The molecule has 0 aliphatic rings. The van der Waals surface area contributed by atoms with Gasteiger partial charge in [-0.25, -0.2) is 0 Å². The van der Waals surface area contributed by atoms with Crippen molar-refractivity contribution in [3.8, 4) is 5.75 Å². The number of hydrogen-bond donors (Lipinski definition) is 0. The summed E-state index contributed by atoms with van der Waals surface area (Å²) in [4.78, 5) is 11.6. The number of aryl methyl sites for hydroxylation is 1. The quantitative estimate of drug-likeness (QED) is 0.688. The van der Waals surface area contributed by atoms with Gasteiger partial charge in [-0.1, -0.05) is 13.0 Å². The highest BCUT2D eigenvalue weighted by Crippen LogP contribution is 2.26. The highest BCUT2D eigenvalue weighted by molar-refractivity contribution is 5.99. The lowest BCUT2D eigenvalue weighted by Gasteiger charge is -2.11. The predicted octanol–water partition coefficient (Wildman–Crippen LogP) is 2.90. The topological polar surface area (TPSA) is 26.3 Å². The van der Waals surface area contributed by atoms with Crippen LogP contribution in [0.3, 0.4) is 0 Å². The average Bonchev–Trinajstić information content (AvgIpc) is 2.20. The minimum absolute atomic E-state index is 0.130. The Labute approximate surface area is 84.9 Å². The summed E-state index contributed by atoms with van der Waals surface area (Å²) < 4.78 is 5.26. The van der Waals surface area contributed by atoms with Crippen molar-refractivity contribution >= 4 is 5.78 Å². The predicted molar refractivity (Wildman–Crippen MR) is 57.1 cm³/mol. The van der Waals surface area contributed by atoms with Crippen LogP contribution in [0.25, 0.3) is 0 Å². The monoisotopic (exact) mass is 192 g/mol. The first kappa shape index (κ1) is 10.8. The van der Waals surface area contributed by atoms with E-state index < -0.39 is 0 Å². The maximum Gasteiger partial charge on any atom is 0.166 e. The van der Waals surface area contributed by atoms with Crippen LogP contribution in [-0.2, 0) is 0 Å². The third-order valence-corrected chi connectivity index (χ3v) is 2.50. The zero-order chi connectivity index (χ0) is 10.7. The molecule has 2 heteroatoms. The Morgan fingerprint density at radius 1 is 1.36 bits per heavy atom. The van der Waals surface area contributed by atoms with Crippen molar-refractivity contribution in [1.82, 2.24) is 0 Å². The standard InChI is InChI=1S/C12H16O2/c1-5-11(13)10-7-6-8(2)9(3)12(10)14-4/h6-7H,5H2,1-4H3. The summed E-state index contributed by atoms with van der Waals surface area (Å²) in [6.07, 6.45) is 0.513. The van der Waals surface area contributed by atoms with E-state index in [1.54, 1.807) is 7.11 Å². The highest BCUT2D eigenvalue weighted by Gasteiger charge is 2.13. The van der Waals surface area contributed by atoms with Crippen LogP contribution in [0.1, 0.15) is 34.8 Å². The number of benzene rings is 1. The van der Waals surface area contributed by atoms with Crippen LogP contribution in [-0.4, -0.2) is 12.9 Å². The molecular formula is C12H16O2. The molecule has 14 heavy (non-hydrogen) atoms. The van der Waals surface area contributed by atoms with Crippen LogP contribution < -0.4 is 4.74 Å². The number of carbonyl (C=O) groups excluding carboxylic acids is 1. The molecule has 0 fully saturated rings. The molecule has 76 valence electrons. The molecule has 0 aliphatic carbocycles. The smallest absolute Gasteiger partial charge is 0.166 e. The first-order chi connectivity index (χ1) is 6.61. The van der Waals surface area contributed by atoms with Gasteiger partial charge in [0.05, 0.1) is 12.7 Å². The molecule has 0 saturated carbocycles. The Balaban J connectivity index is 3.31. The minimum Gasteiger partial charge on any atom is -0.496 e. The van der Waals surface area contributed by atoms with Crippen LogP contribution >= 0.6 is 0 Å². The van der Waals surface area contributed by atoms with Crippen molar-refractivity contribution in [3.05, 3.63) is 28.8 Å². The molecule has 0 aliphatic heterocycles. The van der Waals surface area contributed by atoms with E-state index >= 15 is 0 Å². The number of ether oxygens (including phenoxy) is 1. The summed E-state index contributed by atoms with van der Waals surface area (Å²) >= 11 is 0. The summed E-state index contributed by atoms with van der Waals surface area (Å²) in [5.74, 6) is 0.849. The Bertz CT molecular complexity index is 354. The molecule has 0 heterocycles. The number of rotatable bonds is 3. The van der Waals surface area contributed by atoms with E-state index in [2.05, 4.69) is 0 Å². The molecule has 1 aromatic carbocycles. The number of Topliss-reactive ketones (excluding diaryl/α,β-unsaturated/α-hetero) is 1. The van der Waals surface area contributed by atoms with Gasteiger partial charge in [0.25, 0.3) is 0 Å². The van der Waals surface area contributed by atoms with Gasteiger partial charge in [0.1, 0.15) is 5.75 Å². The van der Waals surface area contributed by atoms with Crippen molar-refractivity contribution in [1.29, 1.82) is 0 Å². The van der Waals surface area contributed by atoms with Gasteiger partial charge in [-0.3, -0.25) is 4.79 Å². The summed E-state index contributed by atoms with van der Waals surface area (Å²) in [5, 5.41) is 0. The largest absolute Gasteiger partial charge is 0.496 e.